The zero-order chi connectivity index (χ0) is 22.1. The average molecular weight is 433 g/mol. The van der Waals surface area contributed by atoms with E-state index in [4.69, 9.17) is 0 Å². The number of hydrogen-bond donors (Lipinski definition) is 1. The SMILES string of the molecule is C=C1CCC(O)C/C1=C/C=C1\CCCC2(C)C1CCC2C(C)/C=C/C(C)S(C)(=O)=O. The van der Waals surface area contributed by atoms with Gasteiger partial charge in [0, 0.05) is 6.26 Å². The van der Waals surface area contributed by atoms with Crippen molar-refractivity contribution in [2.75, 3.05) is 6.26 Å². The molecule has 1 N–H and O–H groups in total. The van der Waals surface area contributed by atoms with E-state index in [2.05, 4.69) is 38.7 Å². The Morgan fingerprint density at radius 2 is 1.87 bits per heavy atom. The summed E-state index contributed by atoms with van der Waals surface area (Å²) in [5.74, 6) is 1.58. The van der Waals surface area contributed by atoms with E-state index in [1.165, 1.54) is 49.5 Å². The topological polar surface area (TPSA) is 54.4 Å². The molecule has 6 unspecified atom stereocenters. The largest absolute Gasteiger partial charge is 0.393 e. The molecule has 0 bridgehead atoms. The van der Waals surface area contributed by atoms with E-state index in [9.17, 15) is 13.5 Å². The molecule has 3 rings (SSSR count). The first-order valence-corrected chi connectivity index (χ1v) is 13.6. The molecule has 168 valence electrons. The fourth-order valence-corrected chi connectivity index (χ4v) is 6.52. The lowest BCUT2D eigenvalue weighted by Gasteiger charge is -2.44. The van der Waals surface area contributed by atoms with Crippen molar-refractivity contribution in [1.29, 1.82) is 0 Å². The van der Waals surface area contributed by atoms with Crippen LogP contribution >= 0.6 is 0 Å². The Morgan fingerprint density at radius 3 is 2.57 bits per heavy atom. The first-order valence-electron chi connectivity index (χ1n) is 11.7. The molecule has 0 aromatic heterocycles. The minimum absolute atomic E-state index is 0.227. The van der Waals surface area contributed by atoms with Crippen molar-refractivity contribution >= 4 is 9.84 Å². The van der Waals surface area contributed by atoms with E-state index in [1.807, 2.05) is 6.08 Å². The van der Waals surface area contributed by atoms with Crippen molar-refractivity contribution in [1.82, 2.24) is 0 Å². The number of allylic oxidation sites excluding steroid dienone is 5. The number of sulfone groups is 1. The van der Waals surface area contributed by atoms with Gasteiger partial charge < -0.3 is 5.11 Å². The van der Waals surface area contributed by atoms with E-state index >= 15 is 0 Å². The summed E-state index contributed by atoms with van der Waals surface area (Å²) < 4.78 is 23.5. The zero-order valence-corrected chi connectivity index (χ0v) is 20.0. The molecular weight excluding hydrogens is 392 g/mol. The first-order chi connectivity index (χ1) is 14.0. The zero-order valence-electron chi connectivity index (χ0n) is 19.2. The van der Waals surface area contributed by atoms with Crippen LogP contribution in [0.1, 0.15) is 72.1 Å². The van der Waals surface area contributed by atoms with Gasteiger partial charge in [0.05, 0.1) is 11.4 Å². The van der Waals surface area contributed by atoms with E-state index in [0.717, 1.165) is 19.3 Å². The average Bonchev–Trinajstić information content (AvgIpc) is 3.03. The second-order valence-corrected chi connectivity index (χ2v) is 12.7. The van der Waals surface area contributed by atoms with Gasteiger partial charge in [0.15, 0.2) is 9.84 Å². The standard InChI is InChI=1S/C26H40O3S/c1-18-9-13-23(27)17-22(18)12-11-21-7-6-16-26(4)24(14-15-25(21)26)19(2)8-10-20(3)30(5,28)29/h8,10-12,19-20,23-25,27H,1,6-7,9,13-17H2,2-5H3/b10-8+,21-11+,22-12-. The second-order valence-electron chi connectivity index (χ2n) is 10.3. The third kappa shape index (κ3) is 5.02. The van der Waals surface area contributed by atoms with Gasteiger partial charge in [0.2, 0.25) is 0 Å². The Kier molecular flexibility index (Phi) is 7.18. The fraction of sp³-hybridized carbons (Fsp3) is 0.692. The molecule has 0 radical (unpaired) electrons. The summed E-state index contributed by atoms with van der Waals surface area (Å²) in [5.41, 5.74) is 4.24. The highest BCUT2D eigenvalue weighted by atomic mass is 32.2. The quantitative estimate of drug-likeness (QED) is 0.560. The summed E-state index contributed by atoms with van der Waals surface area (Å²) in [5, 5.41) is 9.60. The number of aliphatic hydroxyl groups is 1. The molecule has 0 saturated heterocycles. The van der Waals surface area contributed by atoms with E-state index in [1.54, 1.807) is 12.5 Å². The van der Waals surface area contributed by atoms with E-state index < -0.39 is 15.1 Å². The number of aliphatic hydroxyl groups excluding tert-OH is 1. The molecule has 0 aromatic rings. The maximum Gasteiger partial charge on any atom is 0.153 e. The highest BCUT2D eigenvalue weighted by Gasteiger charge is 2.50. The predicted molar refractivity (Wildman–Crippen MR) is 126 cm³/mol. The summed E-state index contributed by atoms with van der Waals surface area (Å²) in [6, 6.07) is 0. The van der Waals surface area contributed by atoms with Crippen LogP contribution in [-0.4, -0.2) is 31.1 Å². The van der Waals surface area contributed by atoms with Gasteiger partial charge in [-0.3, -0.25) is 0 Å². The number of fused-ring (bicyclic) bond motifs is 1. The van der Waals surface area contributed by atoms with E-state index in [-0.39, 0.29) is 11.5 Å². The molecule has 0 aromatic carbocycles. The molecule has 3 aliphatic rings. The number of hydrogen-bond acceptors (Lipinski definition) is 3. The molecule has 0 amide bonds. The van der Waals surface area contributed by atoms with Crippen molar-refractivity contribution < 1.29 is 13.5 Å². The van der Waals surface area contributed by atoms with Gasteiger partial charge in [-0.25, -0.2) is 8.42 Å². The first kappa shape index (κ1) is 23.5. The van der Waals surface area contributed by atoms with Crippen LogP contribution in [0.3, 0.4) is 0 Å². The summed E-state index contributed by atoms with van der Waals surface area (Å²) in [7, 11) is -3.02. The van der Waals surface area contributed by atoms with Crippen LogP contribution in [0.15, 0.2) is 47.6 Å². The molecule has 6 atom stereocenters. The van der Waals surface area contributed by atoms with Gasteiger partial charge in [-0.05, 0) is 87.0 Å². The van der Waals surface area contributed by atoms with Gasteiger partial charge in [-0.2, -0.15) is 0 Å². The highest BCUT2D eigenvalue weighted by Crippen LogP contribution is 2.59. The summed E-state index contributed by atoms with van der Waals surface area (Å²) >= 11 is 0. The molecule has 4 heteroatoms. The summed E-state index contributed by atoms with van der Waals surface area (Å²) in [6.07, 6.45) is 18.2. The lowest BCUT2D eigenvalue weighted by Crippen LogP contribution is -2.35. The summed E-state index contributed by atoms with van der Waals surface area (Å²) in [6.45, 7) is 10.7. The fourth-order valence-electron chi connectivity index (χ4n) is 6.15. The van der Waals surface area contributed by atoms with Crippen LogP contribution in [-0.2, 0) is 9.84 Å². The Balaban J connectivity index is 1.76. The van der Waals surface area contributed by atoms with Gasteiger partial charge in [0.25, 0.3) is 0 Å². The molecule has 0 spiro atoms. The molecule has 3 fully saturated rings. The van der Waals surface area contributed by atoms with Crippen molar-refractivity contribution in [3.8, 4) is 0 Å². The Morgan fingerprint density at radius 1 is 1.13 bits per heavy atom. The van der Waals surface area contributed by atoms with Crippen LogP contribution in [0, 0.1) is 23.2 Å². The van der Waals surface area contributed by atoms with Crippen LogP contribution in [0.2, 0.25) is 0 Å². The lowest BCUT2D eigenvalue weighted by molar-refractivity contribution is 0.112. The van der Waals surface area contributed by atoms with Gasteiger partial charge in [0.1, 0.15) is 0 Å². The monoisotopic (exact) mass is 432 g/mol. The van der Waals surface area contributed by atoms with Gasteiger partial charge in [-0.15, -0.1) is 0 Å². The lowest BCUT2D eigenvalue weighted by atomic mass is 9.61. The van der Waals surface area contributed by atoms with Crippen LogP contribution in [0.4, 0.5) is 0 Å². The minimum Gasteiger partial charge on any atom is -0.393 e. The molecule has 3 nitrogen and oxygen atoms in total. The third-order valence-corrected chi connectivity index (χ3v) is 9.73. The minimum atomic E-state index is -3.02. The Hall–Kier alpha value is -1.13. The van der Waals surface area contributed by atoms with Crippen molar-refractivity contribution in [2.24, 2.45) is 23.2 Å². The van der Waals surface area contributed by atoms with Crippen molar-refractivity contribution in [3.63, 3.8) is 0 Å². The van der Waals surface area contributed by atoms with E-state index in [0.29, 0.717) is 17.8 Å². The maximum atomic E-state index is 11.8. The third-order valence-electron chi connectivity index (χ3n) is 8.22. The highest BCUT2D eigenvalue weighted by molar-refractivity contribution is 7.91. The number of rotatable bonds is 5. The molecule has 0 aliphatic heterocycles. The Bertz CT molecular complexity index is 848. The molecule has 30 heavy (non-hydrogen) atoms. The van der Waals surface area contributed by atoms with Gasteiger partial charge >= 0.3 is 0 Å². The Labute approximate surface area is 184 Å². The normalized spacial score (nSPS) is 37.6. The molecular formula is C26H40O3S. The summed E-state index contributed by atoms with van der Waals surface area (Å²) in [4.78, 5) is 0. The molecule has 0 heterocycles. The molecule has 3 saturated carbocycles. The molecule has 3 aliphatic carbocycles. The van der Waals surface area contributed by atoms with Crippen LogP contribution < -0.4 is 0 Å². The van der Waals surface area contributed by atoms with Crippen LogP contribution in [0.5, 0.6) is 0 Å². The second kappa shape index (κ2) is 9.16. The van der Waals surface area contributed by atoms with Crippen LogP contribution in [0.25, 0.3) is 0 Å². The maximum absolute atomic E-state index is 11.8. The smallest absolute Gasteiger partial charge is 0.153 e. The predicted octanol–water partition coefficient (Wildman–Crippen LogP) is 5.78. The van der Waals surface area contributed by atoms with Gasteiger partial charge in [-0.1, -0.05) is 55.9 Å². The van der Waals surface area contributed by atoms with Crippen molar-refractivity contribution in [2.45, 2.75) is 83.5 Å². The van der Waals surface area contributed by atoms with Crippen molar-refractivity contribution in [3.05, 3.63) is 47.6 Å².